The second-order valence-corrected chi connectivity index (χ2v) is 8.79. The molecule has 1 fully saturated rings. The van der Waals surface area contributed by atoms with Gasteiger partial charge >= 0.3 is 5.97 Å². The van der Waals surface area contributed by atoms with Crippen LogP contribution in [0.5, 0.6) is 0 Å². The van der Waals surface area contributed by atoms with Gasteiger partial charge in [0.25, 0.3) is 15.9 Å². The summed E-state index contributed by atoms with van der Waals surface area (Å²) in [6.07, 6.45) is 1.02. The van der Waals surface area contributed by atoms with Crippen molar-refractivity contribution >= 4 is 39.2 Å². The van der Waals surface area contributed by atoms with Crippen molar-refractivity contribution in [2.75, 3.05) is 24.9 Å². The van der Waals surface area contributed by atoms with E-state index in [9.17, 15) is 18.0 Å². The molecule has 29 heavy (non-hydrogen) atoms. The summed E-state index contributed by atoms with van der Waals surface area (Å²) in [5.41, 5.74) is 0.447. The summed E-state index contributed by atoms with van der Waals surface area (Å²) in [6.45, 7) is 0.795. The number of anilines is 1. The molecule has 0 unspecified atom stereocenters. The van der Waals surface area contributed by atoms with E-state index in [0.717, 1.165) is 0 Å². The Hall–Kier alpha value is -2.58. The van der Waals surface area contributed by atoms with Crippen molar-refractivity contribution in [3.63, 3.8) is 0 Å². The maximum atomic E-state index is 12.9. The smallest absolute Gasteiger partial charge is 0.308 e. The number of sulfonamides is 1. The molecule has 0 radical (unpaired) electrons. The van der Waals surface area contributed by atoms with Crippen LogP contribution in [0.4, 0.5) is 5.69 Å². The van der Waals surface area contributed by atoms with Crippen LogP contribution in [0.3, 0.4) is 0 Å². The molecule has 154 valence electrons. The lowest BCUT2D eigenvalue weighted by molar-refractivity contribution is -0.146. The lowest BCUT2D eigenvalue weighted by Crippen LogP contribution is -2.40. The van der Waals surface area contributed by atoms with Crippen LogP contribution < -0.4 is 4.72 Å². The standard InChI is InChI=1S/C20H21ClN2O5S/c1-28-20(25)14-9-11-23(12-10-14)19(24)17-13-15(7-8-18(17)21)22-29(26,27)16-5-3-2-4-6-16/h2-8,13-14,22H,9-12H2,1H3. The van der Waals surface area contributed by atoms with Gasteiger partial charge in [-0.2, -0.15) is 0 Å². The molecule has 7 nitrogen and oxygen atoms in total. The summed E-state index contributed by atoms with van der Waals surface area (Å²) >= 11 is 6.20. The maximum Gasteiger partial charge on any atom is 0.308 e. The molecule has 0 spiro atoms. The molecule has 9 heteroatoms. The van der Waals surface area contributed by atoms with Gasteiger partial charge in [-0.3, -0.25) is 14.3 Å². The maximum absolute atomic E-state index is 12.9. The van der Waals surface area contributed by atoms with Gasteiger partial charge in [0.15, 0.2) is 0 Å². The number of nitrogens with one attached hydrogen (secondary N) is 1. The summed E-state index contributed by atoms with van der Waals surface area (Å²) in [6, 6.07) is 12.4. The highest BCUT2D eigenvalue weighted by atomic mass is 35.5. The van der Waals surface area contributed by atoms with E-state index in [4.69, 9.17) is 16.3 Å². The number of hydrogen-bond acceptors (Lipinski definition) is 5. The molecule has 0 atom stereocenters. The zero-order valence-corrected chi connectivity index (χ0v) is 17.4. The number of carbonyl (C=O) groups excluding carboxylic acids is 2. The molecule has 2 aromatic carbocycles. The van der Waals surface area contributed by atoms with Crippen LogP contribution in [-0.2, 0) is 19.6 Å². The molecular formula is C20H21ClN2O5S. The molecule has 1 saturated heterocycles. The van der Waals surface area contributed by atoms with Gasteiger partial charge in [0, 0.05) is 18.8 Å². The van der Waals surface area contributed by atoms with Gasteiger partial charge in [-0.1, -0.05) is 29.8 Å². The van der Waals surface area contributed by atoms with E-state index in [1.165, 1.54) is 37.4 Å². The van der Waals surface area contributed by atoms with Gasteiger partial charge in [-0.05, 0) is 43.2 Å². The second kappa shape index (κ2) is 8.84. The third-order valence-electron chi connectivity index (χ3n) is 4.82. The fourth-order valence-electron chi connectivity index (χ4n) is 3.22. The van der Waals surface area contributed by atoms with Gasteiger partial charge < -0.3 is 9.64 Å². The first kappa shape index (κ1) is 21.1. The highest BCUT2D eigenvalue weighted by Crippen LogP contribution is 2.26. The van der Waals surface area contributed by atoms with E-state index in [2.05, 4.69) is 4.72 Å². The number of hydrogen-bond donors (Lipinski definition) is 1. The molecule has 0 bridgehead atoms. The number of amides is 1. The van der Waals surface area contributed by atoms with E-state index in [-0.39, 0.29) is 39.0 Å². The first-order chi connectivity index (χ1) is 13.8. The Morgan fingerprint density at radius 3 is 2.38 bits per heavy atom. The lowest BCUT2D eigenvalue weighted by Gasteiger charge is -2.31. The van der Waals surface area contributed by atoms with E-state index in [1.54, 1.807) is 23.1 Å². The van der Waals surface area contributed by atoms with Crippen molar-refractivity contribution in [3.8, 4) is 0 Å². The summed E-state index contributed by atoms with van der Waals surface area (Å²) < 4.78 is 32.3. The van der Waals surface area contributed by atoms with Gasteiger partial charge in [-0.15, -0.1) is 0 Å². The van der Waals surface area contributed by atoms with Crippen LogP contribution in [0.25, 0.3) is 0 Å². The Morgan fingerprint density at radius 2 is 1.76 bits per heavy atom. The Morgan fingerprint density at radius 1 is 1.10 bits per heavy atom. The van der Waals surface area contributed by atoms with Crippen molar-refractivity contribution in [1.82, 2.24) is 4.90 Å². The minimum atomic E-state index is -3.78. The number of ether oxygens (including phenoxy) is 1. The second-order valence-electron chi connectivity index (χ2n) is 6.70. The van der Waals surface area contributed by atoms with Gasteiger partial charge in [0.05, 0.1) is 28.5 Å². The van der Waals surface area contributed by atoms with Crippen LogP contribution in [0, 0.1) is 5.92 Å². The van der Waals surface area contributed by atoms with E-state index >= 15 is 0 Å². The molecule has 1 N–H and O–H groups in total. The number of halogens is 1. The van der Waals surface area contributed by atoms with E-state index in [0.29, 0.717) is 25.9 Å². The molecule has 0 aliphatic carbocycles. The monoisotopic (exact) mass is 436 g/mol. The highest BCUT2D eigenvalue weighted by molar-refractivity contribution is 7.92. The minimum Gasteiger partial charge on any atom is -0.469 e. The zero-order valence-electron chi connectivity index (χ0n) is 15.8. The molecule has 3 rings (SSSR count). The number of nitrogens with zero attached hydrogens (tertiary/aromatic N) is 1. The molecule has 0 saturated carbocycles. The molecule has 1 aliphatic rings. The zero-order chi connectivity index (χ0) is 21.0. The number of piperidine rings is 1. The SMILES string of the molecule is COC(=O)C1CCN(C(=O)c2cc(NS(=O)(=O)c3ccccc3)ccc2Cl)CC1. The topological polar surface area (TPSA) is 92.8 Å². The average molecular weight is 437 g/mol. The number of methoxy groups -OCH3 is 1. The Labute approximate surface area is 174 Å². The third-order valence-corrected chi connectivity index (χ3v) is 6.55. The van der Waals surface area contributed by atoms with Crippen LogP contribution in [0.2, 0.25) is 5.02 Å². The van der Waals surface area contributed by atoms with Gasteiger partial charge in [0.1, 0.15) is 0 Å². The number of likely N-dealkylation sites (tertiary alicyclic amines) is 1. The summed E-state index contributed by atoms with van der Waals surface area (Å²) in [4.78, 5) is 26.3. The van der Waals surface area contributed by atoms with Crippen molar-refractivity contribution in [2.45, 2.75) is 17.7 Å². The Kier molecular flexibility index (Phi) is 6.44. The minimum absolute atomic E-state index is 0.118. The van der Waals surface area contributed by atoms with E-state index < -0.39 is 10.0 Å². The van der Waals surface area contributed by atoms with Crippen molar-refractivity contribution in [3.05, 3.63) is 59.1 Å². The summed E-state index contributed by atoms with van der Waals surface area (Å²) in [5, 5.41) is 0.229. The van der Waals surface area contributed by atoms with Crippen LogP contribution in [0.15, 0.2) is 53.4 Å². The lowest BCUT2D eigenvalue weighted by atomic mass is 9.96. The predicted molar refractivity (Wildman–Crippen MR) is 109 cm³/mol. The van der Waals surface area contributed by atoms with Crippen molar-refractivity contribution < 1.29 is 22.7 Å². The van der Waals surface area contributed by atoms with Crippen LogP contribution in [0.1, 0.15) is 23.2 Å². The quantitative estimate of drug-likeness (QED) is 0.726. The average Bonchev–Trinajstić information content (AvgIpc) is 2.74. The molecule has 1 aliphatic heterocycles. The van der Waals surface area contributed by atoms with Crippen LogP contribution >= 0.6 is 11.6 Å². The normalized spacial score (nSPS) is 15.0. The third kappa shape index (κ3) is 4.89. The number of benzene rings is 2. The summed E-state index contributed by atoms with van der Waals surface area (Å²) in [7, 11) is -2.43. The first-order valence-electron chi connectivity index (χ1n) is 9.06. The molecule has 0 aromatic heterocycles. The fourth-order valence-corrected chi connectivity index (χ4v) is 4.49. The van der Waals surface area contributed by atoms with Crippen molar-refractivity contribution in [2.24, 2.45) is 5.92 Å². The largest absolute Gasteiger partial charge is 0.469 e. The number of carbonyl (C=O) groups is 2. The number of rotatable bonds is 5. The summed E-state index contributed by atoms with van der Waals surface area (Å²) in [5.74, 6) is -0.796. The van der Waals surface area contributed by atoms with E-state index in [1.807, 2.05) is 0 Å². The predicted octanol–water partition coefficient (Wildman–Crippen LogP) is 3.17. The molecule has 1 amide bonds. The first-order valence-corrected chi connectivity index (χ1v) is 10.9. The number of esters is 1. The fraction of sp³-hybridized carbons (Fsp3) is 0.300. The Balaban J connectivity index is 1.76. The molecule has 1 heterocycles. The Bertz CT molecular complexity index is 1000. The van der Waals surface area contributed by atoms with Gasteiger partial charge in [-0.25, -0.2) is 8.42 Å². The van der Waals surface area contributed by atoms with Crippen LogP contribution in [-0.4, -0.2) is 45.4 Å². The molecular weight excluding hydrogens is 416 g/mol. The molecule has 2 aromatic rings. The van der Waals surface area contributed by atoms with Crippen molar-refractivity contribution in [1.29, 1.82) is 0 Å². The van der Waals surface area contributed by atoms with Gasteiger partial charge in [0.2, 0.25) is 0 Å². The highest BCUT2D eigenvalue weighted by Gasteiger charge is 2.29.